The Morgan fingerprint density at radius 1 is 1.36 bits per heavy atom. The van der Waals surface area contributed by atoms with Crippen LogP contribution in [0.1, 0.15) is 10.4 Å². The topological polar surface area (TPSA) is 50.5 Å². The monoisotopic (exact) mass is 337 g/mol. The highest BCUT2D eigenvalue weighted by atomic mass is 32.2. The molecule has 2 aromatic rings. The van der Waals surface area contributed by atoms with E-state index in [9.17, 15) is 4.79 Å². The van der Waals surface area contributed by atoms with E-state index in [1.165, 1.54) is 27.1 Å². The van der Waals surface area contributed by atoms with Crippen LogP contribution in [0.15, 0.2) is 11.4 Å². The number of thiophene rings is 1. The smallest absolute Gasteiger partial charge is 0.233 e. The van der Waals surface area contributed by atoms with Crippen LogP contribution < -0.4 is 4.90 Å². The van der Waals surface area contributed by atoms with E-state index in [2.05, 4.69) is 30.9 Å². The highest BCUT2D eigenvalue weighted by Gasteiger charge is 2.22. The lowest BCUT2D eigenvalue weighted by molar-refractivity contribution is -0.883. The number of carbonyl (C=O) groups excluding carboxylic acids is 1. The Kier molecular flexibility index (Phi) is 4.65. The molecule has 0 spiro atoms. The maximum atomic E-state index is 12.4. The third kappa shape index (κ3) is 3.11. The molecule has 0 saturated carbocycles. The molecule has 118 valence electrons. The highest BCUT2D eigenvalue weighted by Crippen LogP contribution is 2.34. The Morgan fingerprint density at radius 2 is 2.09 bits per heavy atom. The zero-order chi connectivity index (χ0) is 15.7. The van der Waals surface area contributed by atoms with Crippen LogP contribution in [-0.2, 0) is 4.79 Å². The Balaban J connectivity index is 1.70. The van der Waals surface area contributed by atoms with Crippen LogP contribution >= 0.6 is 23.1 Å². The number of aromatic nitrogens is 2. The molecule has 1 fully saturated rings. The van der Waals surface area contributed by atoms with E-state index in [1.54, 1.807) is 17.7 Å². The zero-order valence-corrected chi connectivity index (χ0v) is 14.8. The standard InChI is InChI=1S/C15H20N4OS2/c1-10-11(2)22-15-13(10)14(16-9-17-15)21-8-12(20)19-6-4-18(3)5-7-19/h9H,4-8H2,1-3H3/p+1. The van der Waals surface area contributed by atoms with E-state index < -0.39 is 0 Å². The van der Waals surface area contributed by atoms with Gasteiger partial charge in [0.1, 0.15) is 16.2 Å². The molecule has 3 rings (SSSR count). The summed E-state index contributed by atoms with van der Waals surface area (Å²) in [5, 5.41) is 2.05. The predicted octanol–water partition coefficient (Wildman–Crippen LogP) is 0.757. The molecular weight excluding hydrogens is 316 g/mol. The minimum atomic E-state index is 0.217. The van der Waals surface area contributed by atoms with Gasteiger partial charge < -0.3 is 9.80 Å². The molecule has 3 heterocycles. The molecule has 0 bridgehead atoms. The fourth-order valence-electron chi connectivity index (χ4n) is 2.62. The van der Waals surface area contributed by atoms with Crippen LogP contribution in [0.2, 0.25) is 0 Å². The van der Waals surface area contributed by atoms with Crippen LogP contribution in [0, 0.1) is 13.8 Å². The third-order valence-corrected chi connectivity index (χ3v) is 6.32. The molecule has 0 unspecified atom stereocenters. The number of carbonyl (C=O) groups is 1. The number of rotatable bonds is 3. The van der Waals surface area contributed by atoms with Gasteiger partial charge in [0.15, 0.2) is 0 Å². The van der Waals surface area contributed by atoms with Crippen LogP contribution in [0.25, 0.3) is 10.2 Å². The number of thioether (sulfide) groups is 1. The van der Waals surface area contributed by atoms with Crippen LogP contribution in [-0.4, -0.2) is 59.8 Å². The summed E-state index contributed by atoms with van der Waals surface area (Å²) in [5.41, 5.74) is 1.23. The lowest BCUT2D eigenvalue weighted by atomic mass is 10.2. The Hall–Kier alpha value is -1.18. The first-order chi connectivity index (χ1) is 10.6. The van der Waals surface area contributed by atoms with Crippen molar-refractivity contribution in [3.8, 4) is 0 Å². The number of piperazine rings is 1. The van der Waals surface area contributed by atoms with Crippen molar-refractivity contribution in [1.29, 1.82) is 0 Å². The van der Waals surface area contributed by atoms with Crippen molar-refractivity contribution in [3.05, 3.63) is 16.8 Å². The SMILES string of the molecule is Cc1sc2ncnc(SCC(=O)N3CC[NH+](C)CC3)c2c1C. The van der Waals surface area contributed by atoms with Gasteiger partial charge in [-0.2, -0.15) is 0 Å². The molecule has 0 aliphatic carbocycles. The second-order valence-corrected chi connectivity index (χ2v) is 7.94. The van der Waals surface area contributed by atoms with E-state index in [-0.39, 0.29) is 5.91 Å². The van der Waals surface area contributed by atoms with E-state index in [1.807, 2.05) is 4.90 Å². The zero-order valence-electron chi connectivity index (χ0n) is 13.2. The second-order valence-electron chi connectivity index (χ2n) is 5.77. The third-order valence-electron chi connectivity index (χ3n) is 4.23. The molecule has 1 aliphatic rings. The van der Waals surface area contributed by atoms with Gasteiger partial charge >= 0.3 is 0 Å². The van der Waals surface area contributed by atoms with Gasteiger partial charge in [0.2, 0.25) is 5.91 Å². The van der Waals surface area contributed by atoms with Gasteiger partial charge in [0, 0.05) is 10.3 Å². The van der Waals surface area contributed by atoms with Gasteiger partial charge in [0.05, 0.1) is 39.0 Å². The summed E-state index contributed by atoms with van der Waals surface area (Å²) >= 11 is 3.23. The van der Waals surface area contributed by atoms with Gasteiger partial charge in [-0.1, -0.05) is 11.8 Å². The van der Waals surface area contributed by atoms with Crippen molar-refractivity contribution in [2.45, 2.75) is 18.9 Å². The van der Waals surface area contributed by atoms with Crippen molar-refractivity contribution in [2.75, 3.05) is 39.0 Å². The van der Waals surface area contributed by atoms with Gasteiger partial charge in [0.25, 0.3) is 0 Å². The van der Waals surface area contributed by atoms with E-state index in [0.29, 0.717) is 5.75 Å². The van der Waals surface area contributed by atoms with Crippen molar-refractivity contribution >= 4 is 39.2 Å². The lowest BCUT2D eigenvalue weighted by Gasteiger charge is -2.30. The summed E-state index contributed by atoms with van der Waals surface area (Å²) in [7, 11) is 2.18. The average Bonchev–Trinajstić information content (AvgIpc) is 2.81. The first-order valence-corrected chi connectivity index (χ1v) is 9.29. The number of likely N-dealkylation sites (N-methyl/N-ethyl adjacent to an activating group) is 1. The molecule has 2 aromatic heterocycles. The number of hydrogen-bond donors (Lipinski definition) is 1. The number of hydrogen-bond acceptors (Lipinski definition) is 5. The normalized spacial score (nSPS) is 16.4. The molecule has 1 saturated heterocycles. The summed E-state index contributed by atoms with van der Waals surface area (Å²) in [6.45, 7) is 8.01. The number of fused-ring (bicyclic) bond motifs is 1. The number of quaternary nitrogens is 1. The van der Waals surface area contributed by atoms with Crippen LogP contribution in [0.3, 0.4) is 0 Å². The summed E-state index contributed by atoms with van der Waals surface area (Å²) in [5.74, 6) is 0.674. The van der Waals surface area contributed by atoms with Gasteiger partial charge in [-0.25, -0.2) is 9.97 Å². The van der Waals surface area contributed by atoms with E-state index >= 15 is 0 Å². The van der Waals surface area contributed by atoms with Crippen molar-refractivity contribution < 1.29 is 9.69 Å². The molecule has 1 N–H and O–H groups in total. The molecule has 0 atom stereocenters. The largest absolute Gasteiger partial charge is 0.334 e. The molecule has 1 aliphatic heterocycles. The summed E-state index contributed by atoms with van der Waals surface area (Å²) in [4.78, 5) is 26.9. The summed E-state index contributed by atoms with van der Waals surface area (Å²) < 4.78 is 0. The first kappa shape index (κ1) is 15.7. The maximum absolute atomic E-state index is 12.4. The number of amides is 1. The first-order valence-electron chi connectivity index (χ1n) is 7.49. The van der Waals surface area contributed by atoms with Crippen LogP contribution in [0.5, 0.6) is 0 Å². The fourth-order valence-corrected chi connectivity index (χ4v) is 4.64. The Morgan fingerprint density at radius 3 is 2.82 bits per heavy atom. The molecule has 5 nitrogen and oxygen atoms in total. The second kappa shape index (κ2) is 6.52. The fraction of sp³-hybridized carbons (Fsp3) is 0.533. The van der Waals surface area contributed by atoms with E-state index in [4.69, 9.17) is 0 Å². The highest BCUT2D eigenvalue weighted by molar-refractivity contribution is 8.00. The summed E-state index contributed by atoms with van der Waals surface area (Å²) in [6, 6.07) is 0. The predicted molar refractivity (Wildman–Crippen MR) is 90.8 cm³/mol. The molecular formula is C15H21N4OS2+. The Bertz CT molecular complexity index is 692. The molecule has 7 heteroatoms. The molecule has 0 aromatic carbocycles. The minimum absolute atomic E-state index is 0.217. The minimum Gasteiger partial charge on any atom is -0.334 e. The van der Waals surface area contributed by atoms with Gasteiger partial charge in [-0.3, -0.25) is 4.79 Å². The lowest BCUT2D eigenvalue weighted by Crippen LogP contribution is -3.12. The summed E-state index contributed by atoms with van der Waals surface area (Å²) in [6.07, 6.45) is 1.60. The molecule has 1 amide bonds. The number of aryl methyl sites for hydroxylation is 2. The van der Waals surface area contributed by atoms with Crippen molar-refractivity contribution in [1.82, 2.24) is 14.9 Å². The van der Waals surface area contributed by atoms with Gasteiger partial charge in [-0.05, 0) is 19.4 Å². The van der Waals surface area contributed by atoms with E-state index in [0.717, 1.165) is 41.4 Å². The quantitative estimate of drug-likeness (QED) is 0.664. The average molecular weight is 337 g/mol. The van der Waals surface area contributed by atoms with Gasteiger partial charge in [-0.15, -0.1) is 11.3 Å². The van der Waals surface area contributed by atoms with Crippen LogP contribution in [0.4, 0.5) is 0 Å². The molecule has 22 heavy (non-hydrogen) atoms. The van der Waals surface area contributed by atoms with Crippen molar-refractivity contribution in [2.24, 2.45) is 0 Å². The van der Waals surface area contributed by atoms with Crippen molar-refractivity contribution in [3.63, 3.8) is 0 Å². The maximum Gasteiger partial charge on any atom is 0.233 e. The Labute approximate surface area is 138 Å². The number of nitrogens with one attached hydrogen (secondary N) is 1. The molecule has 0 radical (unpaired) electrons. The number of nitrogens with zero attached hydrogens (tertiary/aromatic N) is 3.